The zero-order valence-corrected chi connectivity index (χ0v) is 10.9. The zero-order chi connectivity index (χ0) is 13.1. The summed E-state index contributed by atoms with van der Waals surface area (Å²) in [5, 5.41) is 0. The van der Waals surface area contributed by atoms with Crippen LogP contribution >= 0.6 is 0 Å². The number of aryl methyl sites for hydroxylation is 1. The summed E-state index contributed by atoms with van der Waals surface area (Å²) in [6, 6.07) is 12.4. The minimum absolute atomic E-state index is 0.149. The summed E-state index contributed by atoms with van der Waals surface area (Å²) in [6.45, 7) is 0.465. The third-order valence-corrected chi connectivity index (χ3v) is 3.60. The van der Waals surface area contributed by atoms with Crippen molar-refractivity contribution in [3.8, 4) is 5.75 Å². The Morgan fingerprint density at radius 3 is 2.89 bits per heavy atom. The van der Waals surface area contributed by atoms with Crippen LogP contribution in [0.15, 0.2) is 42.6 Å². The van der Waals surface area contributed by atoms with Crippen LogP contribution in [0.4, 0.5) is 0 Å². The highest BCUT2D eigenvalue weighted by Gasteiger charge is 2.21. The highest BCUT2D eigenvalue weighted by Crippen LogP contribution is 2.33. The Hall–Kier alpha value is -1.87. The van der Waals surface area contributed by atoms with E-state index >= 15 is 0 Å². The van der Waals surface area contributed by atoms with Gasteiger partial charge in [-0.2, -0.15) is 0 Å². The maximum atomic E-state index is 6.08. The molecular weight excluding hydrogens is 236 g/mol. The molecule has 3 rings (SSSR count). The fourth-order valence-corrected chi connectivity index (χ4v) is 2.60. The van der Waals surface area contributed by atoms with Gasteiger partial charge in [0.25, 0.3) is 0 Å². The molecule has 1 heterocycles. The molecule has 0 saturated heterocycles. The molecule has 0 saturated carbocycles. The molecule has 1 aromatic heterocycles. The van der Waals surface area contributed by atoms with Crippen molar-refractivity contribution in [3.05, 3.63) is 59.4 Å². The van der Waals surface area contributed by atoms with Gasteiger partial charge in [-0.1, -0.05) is 24.3 Å². The summed E-state index contributed by atoms with van der Waals surface area (Å²) in [5.74, 6) is 0.818. The molecule has 0 fully saturated rings. The van der Waals surface area contributed by atoms with Gasteiger partial charge in [0.05, 0.1) is 11.9 Å². The van der Waals surface area contributed by atoms with Gasteiger partial charge in [-0.25, -0.2) is 0 Å². The number of ether oxygens (including phenoxy) is 1. The van der Waals surface area contributed by atoms with Gasteiger partial charge in [0.2, 0.25) is 0 Å². The molecule has 0 spiro atoms. The first-order valence-electron chi connectivity index (χ1n) is 6.76. The lowest BCUT2D eigenvalue weighted by molar-refractivity contribution is 0.182. The normalized spacial score (nSPS) is 17.8. The Morgan fingerprint density at radius 2 is 2.11 bits per heavy atom. The van der Waals surface area contributed by atoms with E-state index in [1.54, 1.807) is 6.20 Å². The summed E-state index contributed by atoms with van der Waals surface area (Å²) in [6.07, 6.45) is 5.31. The second-order valence-electron chi connectivity index (χ2n) is 4.89. The largest absolute Gasteiger partial charge is 0.484 e. The zero-order valence-electron chi connectivity index (χ0n) is 10.9. The van der Waals surface area contributed by atoms with Gasteiger partial charge in [0.1, 0.15) is 11.9 Å². The van der Waals surface area contributed by atoms with Gasteiger partial charge in [0, 0.05) is 6.54 Å². The Bertz CT molecular complexity index is 551. The van der Waals surface area contributed by atoms with Crippen molar-refractivity contribution in [2.75, 3.05) is 0 Å². The summed E-state index contributed by atoms with van der Waals surface area (Å²) >= 11 is 0. The second kappa shape index (κ2) is 5.41. The lowest BCUT2D eigenvalue weighted by atomic mass is 9.89. The topological polar surface area (TPSA) is 48.1 Å². The van der Waals surface area contributed by atoms with Gasteiger partial charge < -0.3 is 10.5 Å². The van der Waals surface area contributed by atoms with E-state index in [1.165, 1.54) is 17.5 Å². The number of pyridine rings is 1. The molecule has 1 unspecified atom stereocenters. The molecule has 19 heavy (non-hydrogen) atoms. The molecule has 2 N–H and O–H groups in total. The van der Waals surface area contributed by atoms with Crippen molar-refractivity contribution in [2.45, 2.75) is 31.9 Å². The molecule has 3 nitrogen and oxygen atoms in total. The molecule has 98 valence electrons. The van der Waals surface area contributed by atoms with E-state index in [-0.39, 0.29) is 6.10 Å². The number of nitrogens with two attached hydrogens (primary N) is 1. The third-order valence-electron chi connectivity index (χ3n) is 3.60. The lowest BCUT2D eigenvalue weighted by Gasteiger charge is -2.26. The Morgan fingerprint density at radius 1 is 1.21 bits per heavy atom. The summed E-state index contributed by atoms with van der Waals surface area (Å²) in [4.78, 5) is 4.27. The minimum atomic E-state index is 0.149. The van der Waals surface area contributed by atoms with E-state index in [4.69, 9.17) is 10.5 Å². The Balaban J connectivity index is 1.80. The first-order valence-corrected chi connectivity index (χ1v) is 6.76. The van der Waals surface area contributed by atoms with E-state index in [0.717, 1.165) is 24.3 Å². The molecule has 1 aliphatic rings. The molecule has 0 radical (unpaired) electrons. The second-order valence-corrected chi connectivity index (χ2v) is 4.89. The fraction of sp³-hybridized carbons (Fsp3) is 0.312. The summed E-state index contributed by atoms with van der Waals surface area (Å²) in [7, 11) is 0. The first kappa shape index (κ1) is 12.2. The highest BCUT2D eigenvalue weighted by atomic mass is 16.5. The van der Waals surface area contributed by atoms with Gasteiger partial charge >= 0.3 is 0 Å². The van der Waals surface area contributed by atoms with Gasteiger partial charge in [-0.15, -0.1) is 0 Å². The van der Waals surface area contributed by atoms with Crippen LogP contribution in [0.25, 0.3) is 0 Å². The predicted octanol–water partition coefficient (Wildman–Crippen LogP) is 3.00. The number of hydrogen-bond donors (Lipinski definition) is 1. The third kappa shape index (κ3) is 2.61. The monoisotopic (exact) mass is 254 g/mol. The molecule has 0 amide bonds. The van der Waals surface area contributed by atoms with Gasteiger partial charge in [-0.05, 0) is 42.5 Å². The van der Waals surface area contributed by atoms with Gasteiger partial charge in [-0.3, -0.25) is 4.98 Å². The number of aromatic nitrogens is 1. The minimum Gasteiger partial charge on any atom is -0.484 e. The molecular formula is C16H18N2O. The van der Waals surface area contributed by atoms with Crippen molar-refractivity contribution >= 4 is 0 Å². The standard InChI is InChI=1S/C16H18N2O/c17-10-13-8-9-14(11-18-13)19-16-7-3-5-12-4-1-2-6-15(12)16/h1-2,4,6,8-9,11,16H,3,5,7,10,17H2. The average molecular weight is 254 g/mol. The van der Waals surface area contributed by atoms with Crippen LogP contribution in [-0.4, -0.2) is 4.98 Å². The molecule has 3 heteroatoms. The van der Waals surface area contributed by atoms with Crippen LogP contribution in [-0.2, 0) is 13.0 Å². The van der Waals surface area contributed by atoms with E-state index in [2.05, 4.69) is 29.2 Å². The van der Waals surface area contributed by atoms with E-state index < -0.39 is 0 Å². The molecule has 0 bridgehead atoms. The van der Waals surface area contributed by atoms with Crippen LogP contribution in [0.1, 0.15) is 35.8 Å². The highest BCUT2D eigenvalue weighted by molar-refractivity contribution is 5.32. The van der Waals surface area contributed by atoms with Crippen molar-refractivity contribution in [1.82, 2.24) is 4.98 Å². The maximum Gasteiger partial charge on any atom is 0.138 e. The van der Waals surface area contributed by atoms with Crippen LogP contribution in [0.2, 0.25) is 0 Å². The average Bonchev–Trinajstić information content (AvgIpc) is 2.48. The van der Waals surface area contributed by atoms with Gasteiger partial charge in [0.15, 0.2) is 0 Å². The first-order chi connectivity index (χ1) is 9.36. The number of hydrogen-bond acceptors (Lipinski definition) is 3. The number of nitrogens with zero attached hydrogens (tertiary/aromatic N) is 1. The quantitative estimate of drug-likeness (QED) is 0.916. The number of rotatable bonds is 3. The van der Waals surface area contributed by atoms with Crippen LogP contribution in [0, 0.1) is 0 Å². The smallest absolute Gasteiger partial charge is 0.138 e. The Labute approximate surface area is 113 Å². The van der Waals surface area contributed by atoms with Crippen LogP contribution in [0.3, 0.4) is 0 Å². The van der Waals surface area contributed by atoms with Crippen molar-refractivity contribution in [1.29, 1.82) is 0 Å². The SMILES string of the molecule is NCc1ccc(OC2CCCc3ccccc32)cn1. The number of benzene rings is 1. The van der Waals surface area contributed by atoms with Crippen molar-refractivity contribution in [3.63, 3.8) is 0 Å². The molecule has 0 aliphatic heterocycles. The molecule has 2 aromatic rings. The van der Waals surface area contributed by atoms with Crippen molar-refractivity contribution in [2.24, 2.45) is 5.73 Å². The summed E-state index contributed by atoms with van der Waals surface area (Å²) < 4.78 is 6.08. The van der Waals surface area contributed by atoms with E-state index in [0.29, 0.717) is 6.54 Å². The van der Waals surface area contributed by atoms with E-state index in [1.807, 2.05) is 12.1 Å². The molecule has 1 aliphatic carbocycles. The fourth-order valence-electron chi connectivity index (χ4n) is 2.60. The van der Waals surface area contributed by atoms with Crippen LogP contribution in [0.5, 0.6) is 5.75 Å². The molecule has 1 aromatic carbocycles. The predicted molar refractivity (Wildman–Crippen MR) is 74.9 cm³/mol. The summed E-state index contributed by atoms with van der Waals surface area (Å²) in [5.41, 5.74) is 9.15. The Kier molecular flexibility index (Phi) is 3.47. The molecule has 1 atom stereocenters. The number of fused-ring (bicyclic) bond motifs is 1. The van der Waals surface area contributed by atoms with E-state index in [9.17, 15) is 0 Å². The lowest BCUT2D eigenvalue weighted by Crippen LogP contribution is -2.15. The van der Waals surface area contributed by atoms with Crippen LogP contribution < -0.4 is 10.5 Å². The van der Waals surface area contributed by atoms with Crippen molar-refractivity contribution < 1.29 is 4.74 Å². The maximum absolute atomic E-state index is 6.08.